The molecule has 0 bridgehead atoms. The molecule has 0 aliphatic rings. The molecule has 2 amide bonds. The number of rotatable bonds is 11. The first kappa shape index (κ1) is 19.2. The number of hydrogen-bond acceptors (Lipinski definition) is 4. The first-order valence-electron chi connectivity index (χ1n) is 6.89. The van der Waals surface area contributed by atoms with Crippen molar-refractivity contribution in [3.05, 3.63) is 0 Å². The van der Waals surface area contributed by atoms with Crippen molar-refractivity contribution >= 4 is 18.0 Å². The van der Waals surface area contributed by atoms with E-state index >= 15 is 0 Å². The molecular weight excluding hydrogens is 280 g/mol. The second-order valence-electron chi connectivity index (χ2n) is 5.02. The number of hydrogen-bond donors (Lipinski definition) is 4. The van der Waals surface area contributed by atoms with E-state index < -0.39 is 24.0 Å². The molecule has 4 N–H and O–H groups in total. The minimum atomic E-state index is -1.26. The lowest BCUT2D eigenvalue weighted by molar-refractivity contribution is -0.140. The lowest BCUT2D eigenvalue weighted by Crippen LogP contribution is -2.46. The number of carbonyl (C=O) groups excluding carboxylic acids is 1. The molecule has 0 aromatic carbocycles. The fourth-order valence-corrected chi connectivity index (χ4v) is 1.39. The molecule has 0 spiro atoms. The highest BCUT2D eigenvalue weighted by Crippen LogP contribution is 1.99. The summed E-state index contributed by atoms with van der Waals surface area (Å²) in [6.07, 6.45) is 0.445. The Bertz CT molecular complexity index is 346. The van der Waals surface area contributed by atoms with Gasteiger partial charge in [-0.05, 0) is 18.8 Å². The van der Waals surface area contributed by atoms with E-state index in [2.05, 4.69) is 24.5 Å². The molecule has 0 saturated heterocycles. The summed E-state index contributed by atoms with van der Waals surface area (Å²) in [5, 5.41) is 22.0. The molecule has 0 aromatic rings. The van der Waals surface area contributed by atoms with Crippen LogP contribution in [-0.2, 0) is 14.3 Å². The Balaban J connectivity index is 3.83. The zero-order chi connectivity index (χ0) is 16.3. The van der Waals surface area contributed by atoms with Gasteiger partial charge in [-0.25, -0.2) is 9.59 Å². The van der Waals surface area contributed by atoms with Crippen LogP contribution in [0.25, 0.3) is 0 Å². The Morgan fingerprint density at radius 2 is 1.76 bits per heavy atom. The average Bonchev–Trinajstić information content (AvgIpc) is 2.37. The molecular formula is C13H24N2O6. The molecule has 0 radical (unpaired) electrons. The van der Waals surface area contributed by atoms with E-state index in [4.69, 9.17) is 14.9 Å². The van der Waals surface area contributed by atoms with Gasteiger partial charge < -0.3 is 25.6 Å². The van der Waals surface area contributed by atoms with Gasteiger partial charge in [-0.2, -0.15) is 0 Å². The number of ether oxygens (including phenoxy) is 1. The highest BCUT2D eigenvalue weighted by atomic mass is 16.5. The number of aliphatic carboxylic acids is 2. The van der Waals surface area contributed by atoms with Crippen molar-refractivity contribution in [3.63, 3.8) is 0 Å². The number of urea groups is 1. The van der Waals surface area contributed by atoms with Gasteiger partial charge >= 0.3 is 18.0 Å². The van der Waals surface area contributed by atoms with Crippen LogP contribution in [0.4, 0.5) is 4.79 Å². The van der Waals surface area contributed by atoms with Crippen molar-refractivity contribution in [1.29, 1.82) is 0 Å². The molecule has 0 fully saturated rings. The summed E-state index contributed by atoms with van der Waals surface area (Å²) in [7, 11) is 0. The van der Waals surface area contributed by atoms with Crippen molar-refractivity contribution in [3.8, 4) is 0 Å². The van der Waals surface area contributed by atoms with E-state index in [0.29, 0.717) is 19.1 Å². The first-order valence-corrected chi connectivity index (χ1v) is 6.89. The smallest absolute Gasteiger partial charge is 0.326 e. The Morgan fingerprint density at radius 1 is 1.10 bits per heavy atom. The molecule has 0 saturated carbocycles. The predicted molar refractivity (Wildman–Crippen MR) is 75.1 cm³/mol. The highest BCUT2D eigenvalue weighted by molar-refractivity contribution is 5.82. The normalized spacial score (nSPS) is 12.0. The van der Waals surface area contributed by atoms with Crippen molar-refractivity contribution in [1.82, 2.24) is 10.6 Å². The third-order valence-electron chi connectivity index (χ3n) is 2.62. The zero-order valence-electron chi connectivity index (χ0n) is 12.4. The highest BCUT2D eigenvalue weighted by Gasteiger charge is 2.20. The summed E-state index contributed by atoms with van der Waals surface area (Å²) in [4.78, 5) is 32.7. The van der Waals surface area contributed by atoms with Gasteiger partial charge in [-0.3, -0.25) is 4.79 Å². The summed E-state index contributed by atoms with van der Waals surface area (Å²) in [5.41, 5.74) is 0. The minimum absolute atomic E-state index is 0.164. The van der Waals surface area contributed by atoms with E-state index in [0.717, 1.165) is 6.42 Å². The molecule has 0 aliphatic carbocycles. The summed E-state index contributed by atoms with van der Waals surface area (Å²) in [6.45, 7) is 5.37. The number of carboxylic acid groups (broad SMARTS) is 2. The number of nitrogens with one attached hydrogen (secondary N) is 2. The van der Waals surface area contributed by atoms with Crippen LogP contribution < -0.4 is 10.6 Å². The third kappa shape index (κ3) is 11.7. The van der Waals surface area contributed by atoms with Crippen LogP contribution >= 0.6 is 0 Å². The summed E-state index contributed by atoms with van der Waals surface area (Å²) in [6, 6.07) is -1.87. The minimum Gasteiger partial charge on any atom is -0.481 e. The molecule has 21 heavy (non-hydrogen) atoms. The Morgan fingerprint density at radius 3 is 2.29 bits per heavy atom. The molecule has 8 heteroatoms. The molecule has 0 aliphatic heterocycles. The van der Waals surface area contributed by atoms with Gasteiger partial charge in [0.05, 0.1) is 6.61 Å². The quantitative estimate of drug-likeness (QED) is 0.416. The lowest BCUT2D eigenvalue weighted by Gasteiger charge is -2.14. The largest absolute Gasteiger partial charge is 0.481 e. The molecule has 0 rings (SSSR count). The molecule has 122 valence electrons. The van der Waals surface area contributed by atoms with Gasteiger partial charge in [0.2, 0.25) is 0 Å². The van der Waals surface area contributed by atoms with Gasteiger partial charge in [0.1, 0.15) is 6.04 Å². The Kier molecular flexibility index (Phi) is 9.95. The van der Waals surface area contributed by atoms with Crippen LogP contribution in [0.5, 0.6) is 0 Å². The maximum Gasteiger partial charge on any atom is 0.326 e. The Hall–Kier alpha value is -1.83. The molecule has 0 heterocycles. The second-order valence-corrected chi connectivity index (χ2v) is 5.02. The topological polar surface area (TPSA) is 125 Å². The fourth-order valence-electron chi connectivity index (χ4n) is 1.39. The Labute approximate surface area is 123 Å². The van der Waals surface area contributed by atoms with Crippen LogP contribution in [0.1, 0.15) is 33.1 Å². The fraction of sp³-hybridized carbons (Fsp3) is 0.769. The molecule has 1 atom stereocenters. The van der Waals surface area contributed by atoms with Crippen molar-refractivity contribution in [2.45, 2.75) is 39.2 Å². The van der Waals surface area contributed by atoms with Crippen LogP contribution in [0.2, 0.25) is 0 Å². The van der Waals surface area contributed by atoms with Crippen LogP contribution in [0.15, 0.2) is 0 Å². The van der Waals surface area contributed by atoms with Crippen molar-refractivity contribution in [2.24, 2.45) is 5.92 Å². The van der Waals surface area contributed by atoms with Gasteiger partial charge in [0.15, 0.2) is 0 Å². The maximum absolute atomic E-state index is 11.5. The van der Waals surface area contributed by atoms with E-state index in [-0.39, 0.29) is 19.4 Å². The van der Waals surface area contributed by atoms with Crippen LogP contribution in [0, 0.1) is 5.92 Å². The van der Waals surface area contributed by atoms with Crippen molar-refractivity contribution < 1.29 is 29.3 Å². The zero-order valence-corrected chi connectivity index (χ0v) is 12.4. The maximum atomic E-state index is 11.5. The average molecular weight is 304 g/mol. The van der Waals surface area contributed by atoms with E-state index in [1.54, 1.807) is 0 Å². The molecule has 8 nitrogen and oxygen atoms in total. The number of carboxylic acids is 2. The summed E-state index contributed by atoms with van der Waals surface area (Å²) in [5.74, 6) is -1.83. The third-order valence-corrected chi connectivity index (χ3v) is 2.62. The first-order chi connectivity index (χ1) is 9.82. The van der Waals surface area contributed by atoms with E-state index in [9.17, 15) is 14.4 Å². The summed E-state index contributed by atoms with van der Waals surface area (Å²) < 4.78 is 5.29. The second kappa shape index (κ2) is 10.9. The van der Waals surface area contributed by atoms with E-state index in [1.807, 2.05) is 0 Å². The van der Waals surface area contributed by atoms with Gasteiger partial charge in [-0.15, -0.1) is 0 Å². The SMILES string of the molecule is CC(C)CCOCCNC(=O)NC(CCC(=O)O)C(=O)O. The number of carbonyl (C=O) groups is 3. The standard InChI is InChI=1S/C13H24N2O6/c1-9(2)5-7-21-8-6-14-13(20)15-10(12(18)19)3-4-11(16)17/h9-10H,3-8H2,1-2H3,(H,16,17)(H,18,19)(H2,14,15,20). The van der Waals surface area contributed by atoms with Gasteiger partial charge in [-0.1, -0.05) is 13.8 Å². The van der Waals surface area contributed by atoms with Crippen molar-refractivity contribution in [2.75, 3.05) is 19.8 Å². The van der Waals surface area contributed by atoms with E-state index in [1.165, 1.54) is 0 Å². The van der Waals surface area contributed by atoms with Crippen LogP contribution in [-0.4, -0.2) is 54.0 Å². The summed E-state index contributed by atoms with van der Waals surface area (Å²) >= 11 is 0. The van der Waals surface area contributed by atoms with Gasteiger partial charge in [0.25, 0.3) is 0 Å². The van der Waals surface area contributed by atoms with Crippen LogP contribution in [0.3, 0.4) is 0 Å². The molecule has 1 unspecified atom stereocenters. The molecule has 0 aromatic heterocycles. The number of amides is 2. The monoisotopic (exact) mass is 304 g/mol. The lowest BCUT2D eigenvalue weighted by atomic mass is 10.1. The van der Waals surface area contributed by atoms with Gasteiger partial charge in [0, 0.05) is 19.6 Å². The predicted octanol–water partition coefficient (Wildman–Crippen LogP) is 0.666.